The Labute approximate surface area is 207 Å². The van der Waals surface area contributed by atoms with Crippen LogP contribution in [0.1, 0.15) is 58.1 Å². The fraction of sp³-hybridized carbons (Fsp3) is 0.360. The minimum Gasteiger partial charge on any atom is -1.00 e. The maximum absolute atomic E-state index is 2.44. The molecule has 0 aromatic heterocycles. The van der Waals surface area contributed by atoms with Crippen LogP contribution in [0.5, 0.6) is 0 Å². The van der Waals surface area contributed by atoms with E-state index in [4.69, 9.17) is 0 Å². The Morgan fingerprint density at radius 3 is 1.62 bits per heavy atom. The van der Waals surface area contributed by atoms with Gasteiger partial charge in [-0.05, 0) is 0 Å². The Kier molecular flexibility index (Phi) is 11.6. The van der Waals surface area contributed by atoms with E-state index in [1.165, 1.54) is 21.4 Å². The van der Waals surface area contributed by atoms with Crippen LogP contribution in [0, 0.1) is 5.41 Å². The molecule has 1 aliphatic rings. The van der Waals surface area contributed by atoms with Crippen LogP contribution in [0.4, 0.5) is 0 Å². The first-order valence-electron chi connectivity index (χ1n) is 9.68. The molecule has 29 heavy (non-hydrogen) atoms. The van der Waals surface area contributed by atoms with E-state index in [9.17, 15) is 0 Å². The zero-order valence-electron chi connectivity index (χ0n) is 17.6. The van der Waals surface area contributed by atoms with E-state index < -0.39 is 0 Å². The van der Waals surface area contributed by atoms with E-state index >= 15 is 0 Å². The largest absolute Gasteiger partial charge is 1.00 e. The number of benzene rings is 2. The SMILES string of the molecule is CCCC1=C(C(c2ccccc2)(c2ccccc2)C(C)(C)C)CC=[C]1[Ti+3].[Cl-].[Cl-].[Cl-]. The fourth-order valence-electron chi connectivity index (χ4n) is 4.74. The molecule has 0 saturated carbocycles. The van der Waals surface area contributed by atoms with E-state index in [1.54, 1.807) is 11.1 Å². The van der Waals surface area contributed by atoms with Crippen molar-refractivity contribution in [2.24, 2.45) is 5.41 Å². The second-order valence-electron chi connectivity index (χ2n) is 8.26. The van der Waals surface area contributed by atoms with Crippen molar-refractivity contribution < 1.29 is 57.7 Å². The summed E-state index contributed by atoms with van der Waals surface area (Å²) < 4.78 is 1.47. The fourth-order valence-corrected chi connectivity index (χ4v) is 5.33. The van der Waals surface area contributed by atoms with Gasteiger partial charge in [-0.2, -0.15) is 0 Å². The number of hydrogen-bond donors (Lipinski definition) is 0. The summed E-state index contributed by atoms with van der Waals surface area (Å²) in [5.41, 5.74) is 5.93. The molecule has 0 fully saturated rings. The second-order valence-corrected chi connectivity index (χ2v) is 9.10. The molecule has 0 aliphatic heterocycles. The standard InChI is InChI=1S/C25H29.3ClH.Ti/c1-5-13-20-14-12-19-23(20)25(24(2,3)4,21-15-8-6-9-16-21)22-17-10-7-11-18-22;;;;/h6-12,15-18H,5,13,19H2,1-4H3;3*1H;/q;;;;+3/p-3. The summed E-state index contributed by atoms with van der Waals surface area (Å²) in [6, 6.07) is 22.3. The van der Waals surface area contributed by atoms with Crippen molar-refractivity contribution in [3.8, 4) is 0 Å². The van der Waals surface area contributed by atoms with Crippen LogP contribution in [0.25, 0.3) is 0 Å². The summed E-state index contributed by atoms with van der Waals surface area (Å²) in [5, 5.41) is 0. The molecule has 2 aromatic rings. The second kappa shape index (κ2) is 11.8. The van der Waals surface area contributed by atoms with Gasteiger partial charge < -0.3 is 37.2 Å². The third-order valence-electron chi connectivity index (χ3n) is 5.69. The van der Waals surface area contributed by atoms with E-state index in [-0.39, 0.29) is 48.1 Å². The number of rotatable bonds is 5. The summed E-state index contributed by atoms with van der Waals surface area (Å²) in [7, 11) is 0. The maximum Gasteiger partial charge on any atom is -1.00 e. The van der Waals surface area contributed by atoms with Gasteiger partial charge >= 0.3 is 171 Å². The zero-order valence-corrected chi connectivity index (χ0v) is 21.4. The molecule has 154 valence electrons. The van der Waals surface area contributed by atoms with Crippen LogP contribution in [0.15, 0.2) is 81.8 Å². The molecule has 2 aromatic carbocycles. The quantitative estimate of drug-likeness (QED) is 0.430. The van der Waals surface area contributed by atoms with Gasteiger partial charge in [0, 0.05) is 0 Å². The van der Waals surface area contributed by atoms with Gasteiger partial charge in [0.2, 0.25) is 0 Å². The third kappa shape index (κ3) is 5.23. The number of hydrogen-bond acceptors (Lipinski definition) is 0. The summed E-state index contributed by atoms with van der Waals surface area (Å²) in [6.07, 6.45) is 5.85. The van der Waals surface area contributed by atoms with E-state index in [1.807, 2.05) is 0 Å². The molecule has 1 aliphatic carbocycles. The molecule has 0 spiro atoms. The van der Waals surface area contributed by atoms with Gasteiger partial charge in [0.1, 0.15) is 0 Å². The monoisotopic (exact) mass is 482 g/mol. The smallest absolute Gasteiger partial charge is 1.00 e. The summed E-state index contributed by atoms with van der Waals surface area (Å²) in [4.78, 5) is 0. The molecule has 4 heteroatoms. The van der Waals surface area contributed by atoms with Crippen LogP contribution in [0.3, 0.4) is 0 Å². The zero-order chi connectivity index (χ0) is 18.8. The molecule has 0 saturated heterocycles. The van der Waals surface area contributed by atoms with Crippen molar-refractivity contribution in [2.75, 3.05) is 0 Å². The average molecular weight is 484 g/mol. The molecule has 0 radical (unpaired) electrons. The van der Waals surface area contributed by atoms with Crippen molar-refractivity contribution in [3.63, 3.8) is 0 Å². The van der Waals surface area contributed by atoms with Gasteiger partial charge in [0.05, 0.1) is 0 Å². The predicted octanol–water partition coefficient (Wildman–Crippen LogP) is -2.04. The Morgan fingerprint density at radius 2 is 1.24 bits per heavy atom. The first kappa shape index (κ1) is 28.5. The third-order valence-corrected chi connectivity index (χ3v) is 6.48. The predicted molar refractivity (Wildman–Crippen MR) is 108 cm³/mol. The molecule has 3 rings (SSSR count). The minimum atomic E-state index is -0.117. The van der Waals surface area contributed by atoms with Crippen molar-refractivity contribution >= 4 is 0 Å². The Bertz CT molecular complexity index is 779. The van der Waals surface area contributed by atoms with Crippen molar-refractivity contribution in [1.29, 1.82) is 0 Å². The van der Waals surface area contributed by atoms with Gasteiger partial charge in [0.25, 0.3) is 0 Å². The van der Waals surface area contributed by atoms with Gasteiger partial charge in [0.15, 0.2) is 0 Å². The van der Waals surface area contributed by atoms with Crippen molar-refractivity contribution in [1.82, 2.24) is 0 Å². The van der Waals surface area contributed by atoms with Crippen LogP contribution >= 0.6 is 0 Å². The summed E-state index contributed by atoms with van der Waals surface area (Å²) >= 11 is 2.29. The van der Waals surface area contributed by atoms with E-state index in [0.717, 1.165) is 12.8 Å². The molecule has 0 bridgehead atoms. The molecule has 0 unspecified atom stereocenters. The van der Waals surface area contributed by atoms with Crippen LogP contribution in [-0.2, 0) is 25.9 Å². The number of allylic oxidation sites excluding steroid dienone is 4. The summed E-state index contributed by atoms with van der Waals surface area (Å²) in [6.45, 7) is 9.49. The first-order chi connectivity index (χ1) is 12.4. The maximum atomic E-state index is 2.44. The van der Waals surface area contributed by atoms with Crippen LogP contribution < -0.4 is 37.2 Å². The van der Waals surface area contributed by atoms with Gasteiger partial charge in [-0.25, -0.2) is 0 Å². The van der Waals surface area contributed by atoms with Gasteiger partial charge in [-0.15, -0.1) is 0 Å². The molecule has 0 heterocycles. The van der Waals surface area contributed by atoms with E-state index in [0.29, 0.717) is 0 Å². The molecule has 0 N–H and O–H groups in total. The van der Waals surface area contributed by atoms with E-state index in [2.05, 4.69) is 115 Å². The van der Waals surface area contributed by atoms with Gasteiger partial charge in [-0.3, -0.25) is 0 Å². The topological polar surface area (TPSA) is 0 Å². The summed E-state index contributed by atoms with van der Waals surface area (Å²) in [5.74, 6) is 0. The molecular weight excluding hydrogens is 455 g/mol. The Morgan fingerprint density at radius 1 is 0.793 bits per heavy atom. The molecule has 0 amide bonds. The Balaban J connectivity index is 0.00000261. The minimum absolute atomic E-state index is 0. The number of halogens is 3. The molecule has 0 atom stereocenters. The van der Waals surface area contributed by atoms with Crippen molar-refractivity contribution in [3.05, 3.63) is 92.9 Å². The normalized spacial score (nSPS) is 13.8. The first-order valence-corrected chi connectivity index (χ1v) is 10.5. The molecular formula is C25H29Cl3Ti. The van der Waals surface area contributed by atoms with Crippen LogP contribution in [0.2, 0.25) is 0 Å². The van der Waals surface area contributed by atoms with Crippen molar-refractivity contribution in [2.45, 2.75) is 52.4 Å². The average Bonchev–Trinajstić information content (AvgIpc) is 2.98. The van der Waals surface area contributed by atoms with Crippen LogP contribution in [-0.4, -0.2) is 0 Å². The molecule has 0 nitrogen and oxygen atoms in total. The Hall–Kier alpha value is -0.496. The van der Waals surface area contributed by atoms with Gasteiger partial charge in [-0.1, -0.05) is 0 Å².